The maximum Gasteiger partial charge on any atom is 0.333 e. The van der Waals surface area contributed by atoms with E-state index in [4.69, 9.17) is 14.2 Å². The molecule has 0 bridgehead atoms. The van der Waals surface area contributed by atoms with Crippen molar-refractivity contribution >= 4 is 11.9 Å². The van der Waals surface area contributed by atoms with E-state index >= 15 is 0 Å². The molecule has 0 aliphatic heterocycles. The fourth-order valence-electron chi connectivity index (χ4n) is 3.57. The Bertz CT molecular complexity index is 1270. The Labute approximate surface area is 210 Å². The van der Waals surface area contributed by atoms with Crippen LogP contribution in [0.15, 0.2) is 109 Å². The molecular weight excluding hydrogens is 454 g/mol. The van der Waals surface area contributed by atoms with Gasteiger partial charge in [0.2, 0.25) is 0 Å². The standard InChI is InChI=1S/C30H27NO5/c1-34-30(33)28(24-11-6-3-7-12-24)31-29(32)25-13-8-14-27(19-25)36-21-23-15-17-26(18-16-23)35-20-22-9-4-2-5-10-22/h2-19,28H,20-21H2,1H3,(H,31,32)/t28-/m0/s1. The first-order chi connectivity index (χ1) is 17.6. The molecule has 36 heavy (non-hydrogen) atoms. The molecule has 0 spiro atoms. The molecule has 0 fully saturated rings. The van der Waals surface area contributed by atoms with Gasteiger partial charge in [0, 0.05) is 5.56 Å². The molecule has 0 heterocycles. The number of amides is 1. The number of methoxy groups -OCH3 is 1. The molecule has 1 amide bonds. The topological polar surface area (TPSA) is 73.9 Å². The largest absolute Gasteiger partial charge is 0.489 e. The summed E-state index contributed by atoms with van der Waals surface area (Å²) in [5, 5.41) is 2.75. The van der Waals surface area contributed by atoms with E-state index in [1.54, 1.807) is 48.5 Å². The molecule has 6 heteroatoms. The normalized spacial score (nSPS) is 11.2. The van der Waals surface area contributed by atoms with Crippen molar-refractivity contribution < 1.29 is 23.8 Å². The minimum atomic E-state index is -0.907. The van der Waals surface area contributed by atoms with E-state index in [0.717, 1.165) is 16.9 Å². The second-order valence-electron chi connectivity index (χ2n) is 8.08. The number of nitrogens with one attached hydrogen (secondary N) is 1. The number of rotatable bonds is 10. The van der Waals surface area contributed by atoms with Crippen LogP contribution in [0.25, 0.3) is 0 Å². The highest BCUT2D eigenvalue weighted by Crippen LogP contribution is 2.20. The minimum Gasteiger partial charge on any atom is -0.489 e. The maximum atomic E-state index is 12.9. The number of ether oxygens (including phenoxy) is 3. The van der Waals surface area contributed by atoms with Crippen molar-refractivity contribution in [2.24, 2.45) is 0 Å². The lowest BCUT2D eigenvalue weighted by atomic mass is 10.1. The van der Waals surface area contributed by atoms with Crippen molar-refractivity contribution in [3.8, 4) is 11.5 Å². The van der Waals surface area contributed by atoms with Crippen LogP contribution in [-0.4, -0.2) is 19.0 Å². The van der Waals surface area contributed by atoms with Gasteiger partial charge in [0.1, 0.15) is 24.7 Å². The summed E-state index contributed by atoms with van der Waals surface area (Å²) in [6.07, 6.45) is 0. The first-order valence-corrected chi connectivity index (χ1v) is 11.5. The molecule has 182 valence electrons. The number of carbonyl (C=O) groups excluding carboxylic acids is 2. The predicted molar refractivity (Wildman–Crippen MR) is 137 cm³/mol. The lowest BCUT2D eigenvalue weighted by molar-refractivity contribution is -0.143. The Hall–Kier alpha value is -4.58. The molecule has 0 radical (unpaired) electrons. The van der Waals surface area contributed by atoms with Crippen molar-refractivity contribution in [1.29, 1.82) is 0 Å². The van der Waals surface area contributed by atoms with Gasteiger partial charge in [-0.1, -0.05) is 78.9 Å². The van der Waals surface area contributed by atoms with Crippen LogP contribution >= 0.6 is 0 Å². The van der Waals surface area contributed by atoms with E-state index < -0.39 is 17.9 Å². The summed E-state index contributed by atoms with van der Waals surface area (Å²) in [5.74, 6) is 0.374. The van der Waals surface area contributed by atoms with Crippen molar-refractivity contribution in [2.45, 2.75) is 19.3 Å². The van der Waals surface area contributed by atoms with Gasteiger partial charge in [-0.2, -0.15) is 0 Å². The molecule has 0 aliphatic rings. The summed E-state index contributed by atoms with van der Waals surface area (Å²) in [7, 11) is 1.29. The average Bonchev–Trinajstić information content (AvgIpc) is 2.95. The summed E-state index contributed by atoms with van der Waals surface area (Å²) in [4.78, 5) is 25.2. The van der Waals surface area contributed by atoms with Crippen LogP contribution in [0.5, 0.6) is 11.5 Å². The second-order valence-corrected chi connectivity index (χ2v) is 8.08. The van der Waals surface area contributed by atoms with Crippen molar-refractivity contribution in [3.63, 3.8) is 0 Å². The van der Waals surface area contributed by atoms with Crippen LogP contribution in [-0.2, 0) is 22.7 Å². The van der Waals surface area contributed by atoms with Gasteiger partial charge in [-0.25, -0.2) is 4.79 Å². The zero-order chi connectivity index (χ0) is 25.2. The Balaban J connectivity index is 1.34. The first-order valence-electron chi connectivity index (χ1n) is 11.5. The highest BCUT2D eigenvalue weighted by atomic mass is 16.5. The quantitative estimate of drug-likeness (QED) is 0.303. The molecule has 1 N–H and O–H groups in total. The van der Waals surface area contributed by atoms with Gasteiger partial charge in [-0.05, 0) is 47.0 Å². The summed E-state index contributed by atoms with van der Waals surface area (Å²) in [6, 6.07) is 32.6. The van der Waals surface area contributed by atoms with Crippen molar-refractivity contribution in [3.05, 3.63) is 131 Å². The van der Waals surface area contributed by atoms with E-state index in [0.29, 0.717) is 30.1 Å². The van der Waals surface area contributed by atoms with Crippen LogP contribution in [0.4, 0.5) is 0 Å². The molecule has 0 aliphatic carbocycles. The predicted octanol–water partition coefficient (Wildman–Crippen LogP) is 5.49. The Kier molecular flexibility index (Phi) is 8.33. The van der Waals surface area contributed by atoms with Crippen molar-refractivity contribution in [1.82, 2.24) is 5.32 Å². The van der Waals surface area contributed by atoms with Crippen LogP contribution in [0, 0.1) is 0 Å². The van der Waals surface area contributed by atoms with Gasteiger partial charge in [0.25, 0.3) is 5.91 Å². The molecule has 4 aromatic carbocycles. The third kappa shape index (κ3) is 6.73. The highest BCUT2D eigenvalue weighted by Gasteiger charge is 2.24. The van der Waals surface area contributed by atoms with Crippen LogP contribution in [0.1, 0.15) is 33.1 Å². The zero-order valence-corrected chi connectivity index (χ0v) is 19.9. The second kappa shape index (κ2) is 12.2. The third-order valence-corrected chi connectivity index (χ3v) is 5.52. The SMILES string of the molecule is COC(=O)[C@@H](NC(=O)c1cccc(OCc2ccc(OCc3ccccc3)cc2)c1)c1ccccc1. The number of hydrogen-bond donors (Lipinski definition) is 1. The van der Waals surface area contributed by atoms with Gasteiger partial charge in [-0.3, -0.25) is 4.79 Å². The van der Waals surface area contributed by atoms with E-state index in [1.807, 2.05) is 60.7 Å². The third-order valence-electron chi connectivity index (χ3n) is 5.52. The summed E-state index contributed by atoms with van der Waals surface area (Å²) < 4.78 is 16.6. The van der Waals surface area contributed by atoms with Gasteiger partial charge in [0.15, 0.2) is 6.04 Å². The number of benzene rings is 4. The van der Waals surface area contributed by atoms with Gasteiger partial charge in [-0.15, -0.1) is 0 Å². The molecule has 6 nitrogen and oxygen atoms in total. The lowest BCUT2D eigenvalue weighted by Gasteiger charge is -2.17. The Morgan fingerprint density at radius 2 is 1.31 bits per heavy atom. The van der Waals surface area contributed by atoms with Crippen LogP contribution in [0.3, 0.4) is 0 Å². The minimum absolute atomic E-state index is 0.332. The van der Waals surface area contributed by atoms with Gasteiger partial charge < -0.3 is 19.5 Å². The smallest absolute Gasteiger partial charge is 0.333 e. The maximum absolute atomic E-state index is 12.9. The van der Waals surface area contributed by atoms with E-state index in [9.17, 15) is 9.59 Å². The Morgan fingerprint density at radius 3 is 1.97 bits per heavy atom. The molecule has 0 saturated heterocycles. The molecule has 4 rings (SSSR count). The molecule has 0 aromatic heterocycles. The number of hydrogen-bond acceptors (Lipinski definition) is 5. The average molecular weight is 482 g/mol. The fourth-order valence-corrected chi connectivity index (χ4v) is 3.57. The monoisotopic (exact) mass is 481 g/mol. The van der Waals surface area contributed by atoms with Gasteiger partial charge in [0.05, 0.1) is 7.11 Å². The van der Waals surface area contributed by atoms with E-state index in [-0.39, 0.29) is 0 Å². The van der Waals surface area contributed by atoms with E-state index in [1.165, 1.54) is 7.11 Å². The summed E-state index contributed by atoms with van der Waals surface area (Å²) >= 11 is 0. The van der Waals surface area contributed by atoms with Gasteiger partial charge >= 0.3 is 5.97 Å². The molecular formula is C30H27NO5. The molecule has 4 aromatic rings. The molecule has 0 unspecified atom stereocenters. The van der Waals surface area contributed by atoms with Crippen LogP contribution < -0.4 is 14.8 Å². The Morgan fingerprint density at radius 1 is 0.694 bits per heavy atom. The number of esters is 1. The van der Waals surface area contributed by atoms with Crippen molar-refractivity contribution in [2.75, 3.05) is 7.11 Å². The first kappa shape index (κ1) is 24.5. The van der Waals surface area contributed by atoms with E-state index in [2.05, 4.69) is 5.32 Å². The van der Waals surface area contributed by atoms with Crippen LogP contribution in [0.2, 0.25) is 0 Å². The fraction of sp³-hybridized carbons (Fsp3) is 0.133. The highest BCUT2D eigenvalue weighted by molar-refractivity contribution is 5.97. The lowest BCUT2D eigenvalue weighted by Crippen LogP contribution is -2.34. The summed E-state index contributed by atoms with van der Waals surface area (Å²) in [6.45, 7) is 0.839. The zero-order valence-electron chi connectivity index (χ0n) is 19.9. The summed E-state index contributed by atoms with van der Waals surface area (Å²) in [5.41, 5.74) is 3.09. The number of carbonyl (C=O) groups is 2. The molecule has 1 atom stereocenters. The molecule has 0 saturated carbocycles.